The van der Waals surface area contributed by atoms with E-state index in [1.165, 1.54) is 25.3 Å². The summed E-state index contributed by atoms with van der Waals surface area (Å²) in [6.07, 6.45) is 6.29. The zero-order valence-corrected chi connectivity index (χ0v) is 22.1. The van der Waals surface area contributed by atoms with E-state index in [1.54, 1.807) is 30.3 Å². The minimum absolute atomic E-state index is 0.0434. The van der Waals surface area contributed by atoms with E-state index in [4.69, 9.17) is 11.6 Å². The van der Waals surface area contributed by atoms with Gasteiger partial charge in [0.1, 0.15) is 5.82 Å². The normalized spacial score (nSPS) is 18.6. The average molecular weight is 533 g/mol. The van der Waals surface area contributed by atoms with Crippen molar-refractivity contribution in [1.82, 2.24) is 14.8 Å². The minimum atomic E-state index is -0.452. The number of halogens is 2. The summed E-state index contributed by atoms with van der Waals surface area (Å²) in [5.41, 5.74) is 5.85. The van der Waals surface area contributed by atoms with Crippen LogP contribution in [-0.2, 0) is 11.2 Å². The molecule has 38 heavy (non-hydrogen) atoms. The van der Waals surface area contributed by atoms with Gasteiger partial charge in [-0.3, -0.25) is 9.59 Å². The highest BCUT2D eigenvalue weighted by Gasteiger charge is 2.32. The minimum Gasteiger partial charge on any atom is -0.358 e. The van der Waals surface area contributed by atoms with Gasteiger partial charge in [0.2, 0.25) is 0 Å². The van der Waals surface area contributed by atoms with Gasteiger partial charge < -0.3 is 20.1 Å². The Balaban J connectivity index is 1.32. The van der Waals surface area contributed by atoms with Crippen molar-refractivity contribution in [3.8, 4) is 11.1 Å². The molecule has 3 aliphatic rings. The predicted molar refractivity (Wildman–Crippen MR) is 149 cm³/mol. The Kier molecular flexibility index (Phi) is 6.58. The van der Waals surface area contributed by atoms with Crippen LogP contribution < -0.4 is 5.32 Å². The lowest BCUT2D eigenvalue weighted by atomic mass is 9.93. The van der Waals surface area contributed by atoms with Crippen molar-refractivity contribution < 1.29 is 14.0 Å². The molecule has 196 valence electrons. The van der Waals surface area contributed by atoms with Crippen molar-refractivity contribution in [3.05, 3.63) is 75.3 Å². The third-order valence-electron chi connectivity index (χ3n) is 7.97. The Bertz CT molecular complexity index is 1470. The molecule has 1 aromatic heterocycles. The van der Waals surface area contributed by atoms with E-state index in [1.807, 2.05) is 17.9 Å². The molecule has 0 atom stereocenters. The molecule has 0 radical (unpaired) electrons. The van der Waals surface area contributed by atoms with E-state index >= 15 is 0 Å². The first kappa shape index (κ1) is 24.9. The number of benzene rings is 2. The standard InChI is InChI=1S/C30H30ClFN4O2/c1-18-26(33-25-10-13-36(30(38)27(18)25)15-14-35-11-3-2-4-12-35)17-22-28-21(6-5-7-24(28)34-29(22)37)20-9-8-19(31)16-23(20)32/h5-9,16-17,33H,2-4,10-15H2,1H3,(H,34,37)/b22-17-. The van der Waals surface area contributed by atoms with Gasteiger partial charge in [0.15, 0.2) is 0 Å². The monoisotopic (exact) mass is 532 g/mol. The molecular weight excluding hydrogens is 503 g/mol. The Morgan fingerprint density at radius 2 is 1.82 bits per heavy atom. The molecule has 0 spiro atoms. The lowest BCUT2D eigenvalue weighted by molar-refractivity contribution is -0.110. The first-order valence-corrected chi connectivity index (χ1v) is 13.6. The number of aromatic nitrogens is 1. The smallest absolute Gasteiger partial charge is 0.256 e. The molecule has 0 saturated carbocycles. The van der Waals surface area contributed by atoms with Gasteiger partial charge in [-0.1, -0.05) is 30.2 Å². The number of rotatable bonds is 5. The fraction of sp³-hybridized carbons (Fsp3) is 0.333. The fourth-order valence-electron chi connectivity index (χ4n) is 5.93. The predicted octanol–water partition coefficient (Wildman–Crippen LogP) is 5.76. The van der Waals surface area contributed by atoms with Gasteiger partial charge in [-0.25, -0.2) is 4.39 Å². The molecule has 8 heteroatoms. The second-order valence-electron chi connectivity index (χ2n) is 10.3. The molecule has 0 unspecified atom stereocenters. The summed E-state index contributed by atoms with van der Waals surface area (Å²) < 4.78 is 14.9. The molecule has 2 amide bonds. The van der Waals surface area contributed by atoms with Gasteiger partial charge in [0, 0.05) is 59.3 Å². The quantitative estimate of drug-likeness (QED) is 0.411. The van der Waals surface area contributed by atoms with Crippen LogP contribution in [-0.4, -0.2) is 59.3 Å². The summed E-state index contributed by atoms with van der Waals surface area (Å²) in [6, 6.07) is 9.94. The Morgan fingerprint density at radius 3 is 2.61 bits per heavy atom. The summed E-state index contributed by atoms with van der Waals surface area (Å²) >= 11 is 5.97. The van der Waals surface area contributed by atoms with Crippen LogP contribution in [0.4, 0.5) is 10.1 Å². The molecule has 6 nitrogen and oxygen atoms in total. The van der Waals surface area contributed by atoms with E-state index < -0.39 is 5.82 Å². The number of carbonyl (C=O) groups excluding carboxylic acids is 2. The summed E-state index contributed by atoms with van der Waals surface area (Å²) in [4.78, 5) is 34.3. The maximum absolute atomic E-state index is 14.9. The van der Waals surface area contributed by atoms with Crippen LogP contribution in [0.25, 0.3) is 22.8 Å². The van der Waals surface area contributed by atoms with Gasteiger partial charge in [-0.2, -0.15) is 0 Å². The Hall–Kier alpha value is -3.42. The number of likely N-dealkylation sites (tertiary alicyclic amines) is 1. The molecule has 0 aliphatic carbocycles. The summed E-state index contributed by atoms with van der Waals surface area (Å²) in [7, 11) is 0. The molecular formula is C30H30ClFN4O2. The van der Waals surface area contributed by atoms with Gasteiger partial charge in [0.25, 0.3) is 11.8 Å². The molecule has 3 aliphatic heterocycles. The second kappa shape index (κ2) is 10.0. The van der Waals surface area contributed by atoms with Gasteiger partial charge in [-0.05, 0) is 74.3 Å². The number of H-pyrrole nitrogens is 1. The van der Waals surface area contributed by atoms with Crippen LogP contribution in [0.15, 0.2) is 36.4 Å². The van der Waals surface area contributed by atoms with Crippen LogP contribution in [0.5, 0.6) is 0 Å². The summed E-state index contributed by atoms with van der Waals surface area (Å²) in [5, 5.41) is 3.22. The Morgan fingerprint density at radius 1 is 1.00 bits per heavy atom. The van der Waals surface area contributed by atoms with Crippen molar-refractivity contribution in [3.63, 3.8) is 0 Å². The highest BCUT2D eigenvalue weighted by molar-refractivity contribution is 6.36. The second-order valence-corrected chi connectivity index (χ2v) is 10.8. The van der Waals surface area contributed by atoms with E-state index in [2.05, 4.69) is 15.2 Å². The van der Waals surface area contributed by atoms with Crippen molar-refractivity contribution in [2.75, 3.05) is 38.0 Å². The van der Waals surface area contributed by atoms with Gasteiger partial charge in [-0.15, -0.1) is 0 Å². The first-order valence-electron chi connectivity index (χ1n) is 13.3. The lowest BCUT2D eigenvalue weighted by Gasteiger charge is -2.32. The SMILES string of the molecule is Cc1c(/C=C2\C(=O)Nc3cccc(-c4ccc(Cl)cc4F)c32)[nH]c2c1C(=O)N(CCN1CCCCC1)CC2. The number of piperidine rings is 1. The molecule has 1 fully saturated rings. The van der Waals surface area contributed by atoms with Crippen LogP contribution in [0.3, 0.4) is 0 Å². The highest BCUT2D eigenvalue weighted by atomic mass is 35.5. The topological polar surface area (TPSA) is 68.4 Å². The first-order chi connectivity index (χ1) is 18.4. The number of amides is 2. The van der Waals surface area contributed by atoms with Crippen molar-refractivity contribution >= 4 is 40.8 Å². The van der Waals surface area contributed by atoms with Gasteiger partial charge >= 0.3 is 0 Å². The van der Waals surface area contributed by atoms with E-state index in [-0.39, 0.29) is 11.8 Å². The van der Waals surface area contributed by atoms with E-state index in [0.29, 0.717) is 45.1 Å². The fourth-order valence-corrected chi connectivity index (χ4v) is 6.09. The number of nitrogens with zero attached hydrogens (tertiary/aromatic N) is 2. The molecule has 0 bridgehead atoms. The van der Waals surface area contributed by atoms with Crippen LogP contribution >= 0.6 is 11.6 Å². The van der Waals surface area contributed by atoms with Crippen molar-refractivity contribution in [1.29, 1.82) is 0 Å². The Labute approximate surface area is 226 Å². The number of hydrogen-bond donors (Lipinski definition) is 2. The molecule has 2 N–H and O–H groups in total. The van der Waals surface area contributed by atoms with Gasteiger partial charge in [0.05, 0.1) is 11.1 Å². The maximum atomic E-state index is 14.9. The number of nitrogens with one attached hydrogen (secondary N) is 2. The molecule has 6 rings (SSSR count). The number of aromatic amines is 1. The molecule has 2 aromatic carbocycles. The summed E-state index contributed by atoms with van der Waals surface area (Å²) in [6.45, 7) is 6.46. The average Bonchev–Trinajstić information content (AvgIpc) is 3.40. The maximum Gasteiger partial charge on any atom is 0.256 e. The van der Waals surface area contributed by atoms with Crippen LogP contribution in [0.2, 0.25) is 5.02 Å². The molecule has 3 aromatic rings. The summed E-state index contributed by atoms with van der Waals surface area (Å²) in [5.74, 6) is -0.670. The molecule has 4 heterocycles. The third-order valence-corrected chi connectivity index (χ3v) is 8.21. The molecule has 1 saturated heterocycles. The largest absolute Gasteiger partial charge is 0.358 e. The number of fused-ring (bicyclic) bond motifs is 2. The van der Waals surface area contributed by atoms with E-state index in [0.717, 1.165) is 49.6 Å². The number of hydrogen-bond acceptors (Lipinski definition) is 3. The van der Waals surface area contributed by atoms with E-state index in [9.17, 15) is 14.0 Å². The van der Waals surface area contributed by atoms with Crippen LogP contribution in [0.1, 0.15) is 52.1 Å². The third kappa shape index (κ3) is 4.44. The van der Waals surface area contributed by atoms with Crippen molar-refractivity contribution in [2.24, 2.45) is 0 Å². The lowest BCUT2D eigenvalue weighted by Crippen LogP contribution is -2.43. The van der Waals surface area contributed by atoms with Crippen molar-refractivity contribution in [2.45, 2.75) is 32.6 Å². The van der Waals surface area contributed by atoms with Crippen LogP contribution in [0, 0.1) is 12.7 Å². The zero-order chi connectivity index (χ0) is 26.4. The highest BCUT2D eigenvalue weighted by Crippen LogP contribution is 2.42. The zero-order valence-electron chi connectivity index (χ0n) is 21.4. The number of anilines is 1. The number of carbonyl (C=O) groups is 2.